The molecule has 0 aliphatic carbocycles. The molecule has 4 heteroatoms. The zero-order valence-electron chi connectivity index (χ0n) is 15.4. The number of hydrogen-bond acceptors (Lipinski definition) is 4. The van der Waals surface area contributed by atoms with E-state index in [1.807, 2.05) is 0 Å². The van der Waals surface area contributed by atoms with Gasteiger partial charge in [0.2, 0.25) is 0 Å². The predicted octanol–water partition coefficient (Wildman–Crippen LogP) is 3.79. The van der Waals surface area contributed by atoms with Gasteiger partial charge in [-0.25, -0.2) is 0 Å². The van der Waals surface area contributed by atoms with E-state index in [4.69, 9.17) is 14.2 Å². The Bertz CT molecular complexity index is 813. The summed E-state index contributed by atoms with van der Waals surface area (Å²) in [5.41, 5.74) is 5.17. The minimum absolute atomic E-state index is 0.216. The Kier molecular flexibility index (Phi) is 4.80. The maximum Gasteiger partial charge on any atom is 0.184 e. The van der Waals surface area contributed by atoms with Gasteiger partial charge in [0.15, 0.2) is 6.29 Å². The molecule has 0 N–H and O–H groups in total. The molecule has 2 aromatic carbocycles. The second-order valence-electron chi connectivity index (χ2n) is 7.51. The van der Waals surface area contributed by atoms with E-state index in [1.165, 1.54) is 16.7 Å². The molecular weight excluding hydrogens is 338 g/mol. The first-order chi connectivity index (χ1) is 13.4. The number of nitrogens with zero attached hydrogens (tertiary/aromatic N) is 1. The maximum atomic E-state index is 5.87. The lowest BCUT2D eigenvalue weighted by Gasteiger charge is -2.45. The molecule has 0 saturated carbocycles. The molecule has 27 heavy (non-hydrogen) atoms. The topological polar surface area (TPSA) is 30.9 Å². The van der Waals surface area contributed by atoms with Crippen LogP contribution >= 0.6 is 0 Å². The Labute approximate surface area is 160 Å². The van der Waals surface area contributed by atoms with Gasteiger partial charge in [0.1, 0.15) is 0 Å². The third-order valence-electron chi connectivity index (χ3n) is 5.70. The fourth-order valence-corrected chi connectivity index (χ4v) is 4.35. The summed E-state index contributed by atoms with van der Waals surface area (Å²) >= 11 is 0. The van der Waals surface area contributed by atoms with E-state index < -0.39 is 0 Å². The van der Waals surface area contributed by atoms with Crippen LogP contribution < -0.4 is 0 Å². The molecule has 140 valence electrons. The summed E-state index contributed by atoms with van der Waals surface area (Å²) in [6.07, 6.45) is 3.19. The molecule has 3 heterocycles. The van der Waals surface area contributed by atoms with Crippen molar-refractivity contribution in [3.05, 3.63) is 77.4 Å². The van der Waals surface area contributed by atoms with E-state index in [2.05, 4.69) is 65.6 Å². The van der Waals surface area contributed by atoms with E-state index in [9.17, 15) is 0 Å². The second-order valence-corrected chi connectivity index (χ2v) is 7.51. The highest BCUT2D eigenvalue weighted by atomic mass is 16.7. The van der Waals surface area contributed by atoms with Crippen LogP contribution in [-0.2, 0) is 20.8 Å². The van der Waals surface area contributed by atoms with Crippen molar-refractivity contribution in [3.8, 4) is 0 Å². The lowest BCUT2D eigenvalue weighted by atomic mass is 9.89. The molecule has 0 amide bonds. The average Bonchev–Trinajstić information content (AvgIpc) is 3.24. The standard InChI is InChI=1S/C23H25NO3/c1-2-5-17(6-3-1)14-24-21-12-20(13-22(24)16-25-15-21)18-7-4-8-19(11-18)23-26-9-10-27-23/h1-8,11-12,21-23H,9-10,13-16H2. The summed E-state index contributed by atoms with van der Waals surface area (Å²) in [7, 11) is 0. The molecule has 2 aromatic rings. The highest BCUT2D eigenvalue weighted by Gasteiger charge is 2.35. The molecule has 4 nitrogen and oxygen atoms in total. The molecule has 3 aliphatic rings. The number of hydrogen-bond donors (Lipinski definition) is 0. The largest absolute Gasteiger partial charge is 0.378 e. The van der Waals surface area contributed by atoms with Crippen molar-refractivity contribution in [2.24, 2.45) is 0 Å². The number of fused-ring (bicyclic) bond motifs is 2. The van der Waals surface area contributed by atoms with Crippen LogP contribution in [0, 0.1) is 0 Å². The van der Waals surface area contributed by atoms with Crippen LogP contribution in [0.1, 0.15) is 29.4 Å². The van der Waals surface area contributed by atoms with Gasteiger partial charge in [0.25, 0.3) is 0 Å². The van der Waals surface area contributed by atoms with Crippen molar-refractivity contribution < 1.29 is 14.2 Å². The fourth-order valence-electron chi connectivity index (χ4n) is 4.35. The summed E-state index contributed by atoms with van der Waals surface area (Å²) in [4.78, 5) is 2.59. The molecule has 0 aromatic heterocycles. The normalized spacial score (nSPS) is 26.1. The SMILES string of the molecule is C1=C(c2cccc(C3OCCO3)c2)CC2COCC1N2Cc1ccccc1. The predicted molar refractivity (Wildman–Crippen MR) is 104 cm³/mol. The monoisotopic (exact) mass is 363 g/mol. The molecule has 2 bridgehead atoms. The number of benzene rings is 2. The molecule has 3 aliphatic heterocycles. The van der Waals surface area contributed by atoms with Crippen LogP contribution in [0.15, 0.2) is 60.7 Å². The van der Waals surface area contributed by atoms with E-state index in [-0.39, 0.29) is 6.29 Å². The summed E-state index contributed by atoms with van der Waals surface area (Å²) in [5.74, 6) is 0. The summed E-state index contributed by atoms with van der Waals surface area (Å²) in [6, 6.07) is 20.1. The first-order valence-corrected chi connectivity index (χ1v) is 9.78. The summed E-state index contributed by atoms with van der Waals surface area (Å²) in [6.45, 7) is 3.89. The van der Waals surface area contributed by atoms with E-state index >= 15 is 0 Å². The van der Waals surface area contributed by atoms with Gasteiger partial charge < -0.3 is 14.2 Å². The Hall–Kier alpha value is -1.98. The van der Waals surface area contributed by atoms with Crippen molar-refractivity contribution in [3.63, 3.8) is 0 Å². The highest BCUT2D eigenvalue weighted by molar-refractivity contribution is 5.68. The first-order valence-electron chi connectivity index (χ1n) is 9.78. The van der Waals surface area contributed by atoms with Gasteiger partial charge >= 0.3 is 0 Å². The first kappa shape index (κ1) is 17.1. The Morgan fingerprint density at radius 2 is 1.78 bits per heavy atom. The van der Waals surface area contributed by atoms with Gasteiger partial charge in [-0.05, 0) is 29.2 Å². The molecule has 0 radical (unpaired) electrons. The zero-order chi connectivity index (χ0) is 18.1. The van der Waals surface area contributed by atoms with Gasteiger partial charge in [-0.15, -0.1) is 0 Å². The van der Waals surface area contributed by atoms with E-state index in [0.29, 0.717) is 25.3 Å². The average molecular weight is 363 g/mol. The molecular formula is C23H25NO3. The minimum atomic E-state index is -0.216. The van der Waals surface area contributed by atoms with Gasteiger partial charge in [0, 0.05) is 18.2 Å². The zero-order valence-corrected chi connectivity index (χ0v) is 15.4. The van der Waals surface area contributed by atoms with Gasteiger partial charge in [-0.3, -0.25) is 4.90 Å². The molecule has 2 fully saturated rings. The van der Waals surface area contributed by atoms with Crippen LogP contribution in [0.5, 0.6) is 0 Å². The quantitative estimate of drug-likeness (QED) is 0.827. The lowest BCUT2D eigenvalue weighted by Crippen LogP contribution is -2.53. The van der Waals surface area contributed by atoms with Crippen molar-refractivity contribution >= 4 is 5.57 Å². The van der Waals surface area contributed by atoms with Gasteiger partial charge in [-0.2, -0.15) is 0 Å². The fraction of sp³-hybridized carbons (Fsp3) is 0.391. The molecule has 2 unspecified atom stereocenters. The van der Waals surface area contributed by atoms with Crippen molar-refractivity contribution in [1.29, 1.82) is 0 Å². The Morgan fingerprint density at radius 1 is 0.926 bits per heavy atom. The maximum absolute atomic E-state index is 5.87. The van der Waals surface area contributed by atoms with Crippen LogP contribution in [-0.4, -0.2) is 43.4 Å². The van der Waals surface area contributed by atoms with Crippen molar-refractivity contribution in [2.45, 2.75) is 31.3 Å². The summed E-state index contributed by atoms with van der Waals surface area (Å²) in [5, 5.41) is 0. The Balaban J connectivity index is 1.39. The van der Waals surface area contributed by atoms with Crippen LogP contribution in [0.25, 0.3) is 5.57 Å². The highest BCUT2D eigenvalue weighted by Crippen LogP contribution is 2.35. The number of ether oxygens (including phenoxy) is 3. The lowest BCUT2D eigenvalue weighted by molar-refractivity contribution is -0.0442. The van der Waals surface area contributed by atoms with Gasteiger partial charge in [-0.1, -0.05) is 54.6 Å². The third-order valence-corrected chi connectivity index (χ3v) is 5.70. The summed E-state index contributed by atoms with van der Waals surface area (Å²) < 4.78 is 17.2. The number of morpholine rings is 1. The van der Waals surface area contributed by atoms with Crippen molar-refractivity contribution in [2.75, 3.05) is 26.4 Å². The van der Waals surface area contributed by atoms with Crippen LogP contribution in [0.4, 0.5) is 0 Å². The second kappa shape index (κ2) is 7.56. The van der Waals surface area contributed by atoms with Gasteiger partial charge in [0.05, 0.1) is 32.5 Å². The smallest absolute Gasteiger partial charge is 0.184 e. The van der Waals surface area contributed by atoms with Crippen LogP contribution in [0.3, 0.4) is 0 Å². The van der Waals surface area contributed by atoms with Crippen molar-refractivity contribution in [1.82, 2.24) is 4.90 Å². The molecule has 0 spiro atoms. The number of rotatable bonds is 4. The molecule has 2 saturated heterocycles. The molecule has 2 atom stereocenters. The van der Waals surface area contributed by atoms with E-state index in [1.54, 1.807) is 0 Å². The Morgan fingerprint density at radius 3 is 2.59 bits per heavy atom. The molecule has 5 rings (SSSR count). The van der Waals surface area contributed by atoms with E-state index in [0.717, 1.165) is 31.7 Å². The minimum Gasteiger partial charge on any atom is -0.378 e. The third kappa shape index (κ3) is 3.58. The van der Waals surface area contributed by atoms with Crippen LogP contribution in [0.2, 0.25) is 0 Å².